The molecule has 96 valence electrons. The van der Waals surface area contributed by atoms with E-state index in [1.54, 1.807) is 0 Å². The Balaban J connectivity index is 2.01. The molecule has 0 unspecified atom stereocenters. The molecule has 1 atom stereocenters. The molecule has 0 amide bonds. The van der Waals surface area contributed by atoms with Crippen molar-refractivity contribution >= 4 is 5.97 Å². The largest absolute Gasteiger partial charge is 0.487 e. The van der Waals surface area contributed by atoms with Crippen LogP contribution in [0.1, 0.15) is 38.3 Å². The minimum absolute atomic E-state index is 0.0449. The van der Waals surface area contributed by atoms with Crippen molar-refractivity contribution < 1.29 is 14.3 Å². The second-order valence-corrected chi connectivity index (χ2v) is 5.96. The van der Waals surface area contributed by atoms with Crippen molar-refractivity contribution in [3.05, 3.63) is 23.3 Å². The first-order chi connectivity index (χ1) is 8.44. The Morgan fingerprint density at radius 3 is 2.78 bits per heavy atom. The fraction of sp³-hybridized carbons (Fsp3) is 0.533. The minimum atomic E-state index is -0.141. The molecule has 0 aromatic heterocycles. The van der Waals surface area contributed by atoms with E-state index in [4.69, 9.17) is 9.47 Å². The molecule has 0 N–H and O–H groups in total. The molecule has 0 saturated carbocycles. The molecule has 1 aromatic carbocycles. The van der Waals surface area contributed by atoms with Gasteiger partial charge in [-0.15, -0.1) is 0 Å². The van der Waals surface area contributed by atoms with Crippen LogP contribution < -0.4 is 9.47 Å². The highest BCUT2D eigenvalue weighted by atomic mass is 16.5. The Kier molecular flexibility index (Phi) is 2.40. The topological polar surface area (TPSA) is 35.5 Å². The molecule has 0 fully saturated rings. The highest BCUT2D eigenvalue weighted by Crippen LogP contribution is 2.39. The lowest BCUT2D eigenvalue weighted by Crippen LogP contribution is -2.33. The summed E-state index contributed by atoms with van der Waals surface area (Å²) in [5.41, 5.74) is 2.23. The molecule has 0 bridgehead atoms. The van der Waals surface area contributed by atoms with Crippen LogP contribution >= 0.6 is 0 Å². The summed E-state index contributed by atoms with van der Waals surface area (Å²) >= 11 is 0. The molecule has 0 radical (unpaired) electrons. The van der Waals surface area contributed by atoms with E-state index in [1.165, 1.54) is 5.56 Å². The van der Waals surface area contributed by atoms with Gasteiger partial charge in [0, 0.05) is 6.07 Å². The quantitative estimate of drug-likeness (QED) is 0.521. The number of rotatable bonds is 0. The predicted octanol–water partition coefficient (Wildman–Crippen LogP) is 2.89. The lowest BCUT2D eigenvalue weighted by molar-refractivity contribution is -0.139. The monoisotopic (exact) mass is 246 g/mol. The third-order valence-corrected chi connectivity index (χ3v) is 3.77. The summed E-state index contributed by atoms with van der Waals surface area (Å²) < 4.78 is 11.3. The molecular weight excluding hydrogens is 228 g/mol. The van der Waals surface area contributed by atoms with Crippen LogP contribution in [-0.4, -0.2) is 11.6 Å². The summed E-state index contributed by atoms with van der Waals surface area (Å²) in [6.45, 7) is 6.08. The van der Waals surface area contributed by atoms with Gasteiger partial charge in [-0.1, -0.05) is 6.92 Å². The molecule has 2 aliphatic rings. The van der Waals surface area contributed by atoms with Crippen molar-refractivity contribution in [2.75, 3.05) is 0 Å². The maximum Gasteiger partial charge on any atom is 0.314 e. The molecule has 0 spiro atoms. The van der Waals surface area contributed by atoms with Crippen LogP contribution in [0.15, 0.2) is 12.1 Å². The Bertz CT molecular complexity index is 517. The summed E-state index contributed by atoms with van der Waals surface area (Å²) in [5, 5.41) is 0. The summed E-state index contributed by atoms with van der Waals surface area (Å²) in [4.78, 5) is 11.6. The number of esters is 1. The molecule has 2 aliphatic heterocycles. The van der Waals surface area contributed by atoms with Crippen LogP contribution in [-0.2, 0) is 17.6 Å². The number of aryl methyl sites for hydroxylation is 1. The maximum absolute atomic E-state index is 11.6. The zero-order valence-electron chi connectivity index (χ0n) is 11.1. The van der Waals surface area contributed by atoms with Gasteiger partial charge in [-0.3, -0.25) is 4.79 Å². The third-order valence-electron chi connectivity index (χ3n) is 3.77. The zero-order chi connectivity index (χ0) is 12.9. The Hall–Kier alpha value is -1.51. The Morgan fingerprint density at radius 1 is 1.22 bits per heavy atom. The Labute approximate surface area is 107 Å². The molecule has 1 aromatic rings. The van der Waals surface area contributed by atoms with E-state index in [-0.39, 0.29) is 17.5 Å². The molecular formula is C15H18O3. The van der Waals surface area contributed by atoms with E-state index in [9.17, 15) is 4.79 Å². The smallest absolute Gasteiger partial charge is 0.314 e. The number of carbonyl (C=O) groups is 1. The second kappa shape index (κ2) is 3.74. The highest BCUT2D eigenvalue weighted by molar-refractivity contribution is 5.78. The average Bonchev–Trinajstić information content (AvgIpc) is 2.28. The van der Waals surface area contributed by atoms with Gasteiger partial charge in [0.15, 0.2) is 0 Å². The van der Waals surface area contributed by atoms with Crippen molar-refractivity contribution in [3.8, 4) is 11.5 Å². The Morgan fingerprint density at radius 2 is 2.00 bits per heavy atom. The predicted molar refractivity (Wildman–Crippen MR) is 68.0 cm³/mol. The number of ether oxygens (including phenoxy) is 2. The van der Waals surface area contributed by atoms with Crippen molar-refractivity contribution in [1.29, 1.82) is 0 Å². The van der Waals surface area contributed by atoms with Crippen LogP contribution in [0.5, 0.6) is 11.5 Å². The number of fused-ring (bicyclic) bond motifs is 2. The van der Waals surface area contributed by atoms with E-state index in [0.717, 1.165) is 30.6 Å². The number of carbonyl (C=O) groups excluding carboxylic acids is 1. The molecule has 3 heteroatoms. The highest BCUT2D eigenvalue weighted by Gasteiger charge is 2.31. The lowest BCUT2D eigenvalue weighted by atomic mass is 9.90. The van der Waals surface area contributed by atoms with Gasteiger partial charge in [-0.05, 0) is 50.3 Å². The van der Waals surface area contributed by atoms with Crippen LogP contribution in [0.2, 0.25) is 0 Å². The molecule has 18 heavy (non-hydrogen) atoms. The number of hydrogen-bond acceptors (Lipinski definition) is 3. The number of hydrogen-bond donors (Lipinski definition) is 0. The van der Waals surface area contributed by atoms with Crippen LogP contribution in [0, 0.1) is 5.92 Å². The summed E-state index contributed by atoms with van der Waals surface area (Å²) in [5.74, 6) is 1.36. The standard InChI is InChI=1S/C15H18O3/c1-9-6-11-7-10-4-5-15(2,3)18-13(10)8-12(11)17-14(9)16/h7-9H,4-6H2,1-3H3/t9-/m0/s1. The fourth-order valence-electron chi connectivity index (χ4n) is 2.61. The van der Waals surface area contributed by atoms with Crippen LogP contribution in [0.4, 0.5) is 0 Å². The van der Waals surface area contributed by atoms with E-state index in [1.807, 2.05) is 13.0 Å². The van der Waals surface area contributed by atoms with Crippen LogP contribution in [0.25, 0.3) is 0 Å². The van der Waals surface area contributed by atoms with Gasteiger partial charge >= 0.3 is 5.97 Å². The van der Waals surface area contributed by atoms with Gasteiger partial charge in [-0.25, -0.2) is 0 Å². The van der Waals surface area contributed by atoms with Gasteiger partial charge in [0.05, 0.1) is 5.92 Å². The number of benzene rings is 1. The van der Waals surface area contributed by atoms with Crippen molar-refractivity contribution in [3.63, 3.8) is 0 Å². The third kappa shape index (κ3) is 1.88. The summed E-state index contributed by atoms with van der Waals surface area (Å²) in [6.07, 6.45) is 2.82. The van der Waals surface area contributed by atoms with E-state index < -0.39 is 0 Å². The van der Waals surface area contributed by atoms with Crippen molar-refractivity contribution in [2.45, 2.75) is 45.6 Å². The molecule has 3 rings (SSSR count). The van der Waals surface area contributed by atoms with Gasteiger partial charge < -0.3 is 9.47 Å². The van der Waals surface area contributed by atoms with Crippen molar-refractivity contribution in [2.24, 2.45) is 5.92 Å². The van der Waals surface area contributed by atoms with Gasteiger partial charge in [0.25, 0.3) is 0 Å². The SMILES string of the molecule is C[C@H]1Cc2cc3c(cc2OC1=O)OC(C)(C)CC3. The van der Waals surface area contributed by atoms with Crippen LogP contribution in [0.3, 0.4) is 0 Å². The maximum atomic E-state index is 11.6. The van der Waals surface area contributed by atoms with Crippen molar-refractivity contribution in [1.82, 2.24) is 0 Å². The van der Waals surface area contributed by atoms with Gasteiger partial charge in [0.2, 0.25) is 0 Å². The zero-order valence-corrected chi connectivity index (χ0v) is 11.1. The van der Waals surface area contributed by atoms with E-state index >= 15 is 0 Å². The first kappa shape index (κ1) is 11.6. The van der Waals surface area contributed by atoms with E-state index in [0.29, 0.717) is 5.75 Å². The minimum Gasteiger partial charge on any atom is -0.487 e. The normalized spacial score (nSPS) is 24.6. The van der Waals surface area contributed by atoms with Gasteiger partial charge in [0.1, 0.15) is 17.1 Å². The van der Waals surface area contributed by atoms with E-state index in [2.05, 4.69) is 19.9 Å². The molecule has 0 aliphatic carbocycles. The first-order valence-corrected chi connectivity index (χ1v) is 6.51. The molecule has 0 saturated heterocycles. The average molecular weight is 246 g/mol. The second-order valence-electron chi connectivity index (χ2n) is 5.96. The molecule has 2 heterocycles. The summed E-state index contributed by atoms with van der Waals surface area (Å²) in [7, 11) is 0. The summed E-state index contributed by atoms with van der Waals surface area (Å²) in [6, 6.07) is 4.03. The molecule has 3 nitrogen and oxygen atoms in total. The fourth-order valence-corrected chi connectivity index (χ4v) is 2.61. The van der Waals surface area contributed by atoms with Gasteiger partial charge in [-0.2, -0.15) is 0 Å². The first-order valence-electron chi connectivity index (χ1n) is 6.51. The lowest BCUT2D eigenvalue weighted by Gasteiger charge is -2.34.